The minimum Gasteiger partial charge on any atom is -0.497 e. The van der Waals surface area contributed by atoms with E-state index in [0.717, 1.165) is 42.3 Å². The summed E-state index contributed by atoms with van der Waals surface area (Å²) in [6, 6.07) is 18.0. The van der Waals surface area contributed by atoms with Gasteiger partial charge in [0.05, 0.1) is 12.8 Å². The van der Waals surface area contributed by atoms with Crippen molar-refractivity contribution in [1.29, 1.82) is 0 Å². The van der Waals surface area contributed by atoms with Gasteiger partial charge in [-0.2, -0.15) is 5.10 Å². The Morgan fingerprint density at radius 2 is 1.84 bits per heavy atom. The fraction of sp³-hybridized carbons (Fsp3) is 0.360. The molecule has 2 heterocycles. The third kappa shape index (κ3) is 4.74. The Hall–Kier alpha value is -3.28. The average Bonchev–Trinajstić information content (AvgIpc) is 3.43. The summed E-state index contributed by atoms with van der Waals surface area (Å²) < 4.78 is 5.22. The molecule has 0 radical (unpaired) electrons. The molecule has 162 valence electrons. The first-order chi connectivity index (χ1) is 14.8. The summed E-state index contributed by atoms with van der Waals surface area (Å²) in [6.07, 6.45) is 0.899. The molecule has 1 aliphatic heterocycles. The van der Waals surface area contributed by atoms with E-state index in [2.05, 4.69) is 47.3 Å². The van der Waals surface area contributed by atoms with Crippen LogP contribution in [0, 0.1) is 0 Å². The molecule has 1 saturated heterocycles. The maximum absolute atomic E-state index is 12.7. The van der Waals surface area contributed by atoms with Crippen LogP contribution in [0.1, 0.15) is 43.1 Å². The Labute approximate surface area is 183 Å². The van der Waals surface area contributed by atoms with Gasteiger partial charge in [0, 0.05) is 30.8 Å². The molecule has 4 rings (SSSR count). The van der Waals surface area contributed by atoms with Gasteiger partial charge in [-0.15, -0.1) is 0 Å². The highest BCUT2D eigenvalue weighted by Crippen LogP contribution is 2.26. The van der Waals surface area contributed by atoms with E-state index in [9.17, 15) is 4.79 Å². The highest BCUT2D eigenvalue weighted by atomic mass is 16.5. The zero-order valence-corrected chi connectivity index (χ0v) is 18.6. The van der Waals surface area contributed by atoms with Crippen molar-refractivity contribution in [2.24, 2.45) is 0 Å². The Morgan fingerprint density at radius 1 is 1.13 bits per heavy atom. The number of benzene rings is 2. The van der Waals surface area contributed by atoms with Crippen molar-refractivity contribution in [3.8, 4) is 17.0 Å². The number of aromatic amines is 1. The van der Waals surface area contributed by atoms with Crippen LogP contribution in [0.4, 0.5) is 5.82 Å². The van der Waals surface area contributed by atoms with Crippen LogP contribution in [-0.4, -0.2) is 42.3 Å². The van der Waals surface area contributed by atoms with Crippen molar-refractivity contribution in [3.63, 3.8) is 0 Å². The predicted octanol–water partition coefficient (Wildman–Crippen LogP) is 4.39. The maximum Gasteiger partial charge on any atom is 0.251 e. The van der Waals surface area contributed by atoms with Crippen molar-refractivity contribution >= 4 is 11.7 Å². The van der Waals surface area contributed by atoms with Gasteiger partial charge < -0.3 is 15.0 Å². The predicted molar refractivity (Wildman–Crippen MR) is 124 cm³/mol. The van der Waals surface area contributed by atoms with Crippen molar-refractivity contribution in [3.05, 3.63) is 65.7 Å². The molecule has 0 saturated carbocycles. The molecular weight excluding hydrogens is 388 g/mol. The molecule has 1 atom stereocenters. The molecular formula is C25H30N4O2. The van der Waals surface area contributed by atoms with Crippen molar-refractivity contribution in [2.75, 3.05) is 25.1 Å². The molecule has 1 fully saturated rings. The van der Waals surface area contributed by atoms with Crippen LogP contribution in [0.15, 0.2) is 54.6 Å². The number of carbonyl (C=O) groups excluding carboxylic acids is 1. The number of hydrogen-bond donors (Lipinski definition) is 2. The molecule has 0 spiro atoms. The maximum atomic E-state index is 12.7. The molecule has 1 aromatic heterocycles. The number of ether oxygens (including phenoxy) is 1. The third-order valence-electron chi connectivity index (χ3n) is 5.83. The fourth-order valence-electron chi connectivity index (χ4n) is 3.87. The van der Waals surface area contributed by atoms with Crippen LogP contribution in [-0.2, 0) is 5.41 Å². The summed E-state index contributed by atoms with van der Waals surface area (Å²) in [5.74, 6) is 1.71. The van der Waals surface area contributed by atoms with E-state index < -0.39 is 0 Å². The molecule has 0 unspecified atom stereocenters. The Kier molecular flexibility index (Phi) is 5.72. The summed E-state index contributed by atoms with van der Waals surface area (Å²) in [7, 11) is 1.66. The van der Waals surface area contributed by atoms with Gasteiger partial charge in [0.15, 0.2) is 5.82 Å². The van der Waals surface area contributed by atoms with E-state index in [1.807, 2.05) is 48.5 Å². The van der Waals surface area contributed by atoms with Gasteiger partial charge in [-0.3, -0.25) is 9.89 Å². The quantitative estimate of drug-likeness (QED) is 0.645. The lowest BCUT2D eigenvalue weighted by atomic mass is 9.86. The number of anilines is 1. The smallest absolute Gasteiger partial charge is 0.251 e. The minimum absolute atomic E-state index is 0.0201. The molecule has 2 aromatic carbocycles. The molecule has 0 aliphatic carbocycles. The second kappa shape index (κ2) is 8.46. The SMILES string of the molecule is COc1ccc(-c2cc(N3CC[C@H](NC(=O)c4ccc(C(C)(C)C)cc4)C3)n[nH]2)cc1. The second-order valence-corrected chi connectivity index (χ2v) is 9.10. The number of amides is 1. The Morgan fingerprint density at radius 3 is 2.48 bits per heavy atom. The van der Waals surface area contributed by atoms with Crippen LogP contribution >= 0.6 is 0 Å². The number of methoxy groups -OCH3 is 1. The number of hydrogen-bond acceptors (Lipinski definition) is 4. The molecule has 1 aliphatic rings. The normalized spacial score (nSPS) is 16.4. The van der Waals surface area contributed by atoms with Crippen molar-refractivity contribution in [1.82, 2.24) is 15.5 Å². The molecule has 6 heteroatoms. The fourth-order valence-corrected chi connectivity index (χ4v) is 3.87. The van der Waals surface area contributed by atoms with Gasteiger partial charge >= 0.3 is 0 Å². The van der Waals surface area contributed by atoms with Crippen LogP contribution in [0.3, 0.4) is 0 Å². The number of carbonyl (C=O) groups is 1. The number of aromatic nitrogens is 2. The number of nitrogens with zero attached hydrogens (tertiary/aromatic N) is 2. The lowest BCUT2D eigenvalue weighted by molar-refractivity contribution is 0.0940. The van der Waals surface area contributed by atoms with Crippen molar-refractivity contribution < 1.29 is 9.53 Å². The van der Waals surface area contributed by atoms with Crippen molar-refractivity contribution in [2.45, 2.75) is 38.6 Å². The first-order valence-electron chi connectivity index (χ1n) is 10.7. The molecule has 3 aromatic rings. The molecule has 6 nitrogen and oxygen atoms in total. The summed E-state index contributed by atoms with van der Waals surface area (Å²) in [5.41, 5.74) is 4.02. The standard InChI is InChI=1S/C25H30N4O2/c1-25(2,3)19-9-5-18(6-10-19)24(30)26-20-13-14-29(16-20)23-15-22(27-28-23)17-7-11-21(31-4)12-8-17/h5-12,15,20H,13-14,16H2,1-4H3,(H,26,30)(H,27,28)/t20-/m0/s1. The van der Waals surface area contributed by atoms with Crippen LogP contribution < -0.4 is 15.0 Å². The largest absolute Gasteiger partial charge is 0.497 e. The number of rotatable bonds is 5. The van der Waals surface area contributed by atoms with Gasteiger partial charge in [0.25, 0.3) is 5.91 Å². The van der Waals surface area contributed by atoms with E-state index in [0.29, 0.717) is 5.56 Å². The second-order valence-electron chi connectivity index (χ2n) is 9.10. The average molecular weight is 419 g/mol. The summed E-state index contributed by atoms with van der Waals surface area (Å²) in [6.45, 7) is 8.12. The van der Waals surface area contributed by atoms with E-state index >= 15 is 0 Å². The van der Waals surface area contributed by atoms with Gasteiger partial charge in [0.1, 0.15) is 5.75 Å². The minimum atomic E-state index is -0.0201. The Balaban J connectivity index is 1.36. The van der Waals surface area contributed by atoms with Gasteiger partial charge in [0.2, 0.25) is 0 Å². The highest BCUT2D eigenvalue weighted by molar-refractivity contribution is 5.94. The molecule has 31 heavy (non-hydrogen) atoms. The first kappa shape index (κ1) is 21.0. The summed E-state index contributed by atoms with van der Waals surface area (Å²) in [4.78, 5) is 14.9. The lowest BCUT2D eigenvalue weighted by Gasteiger charge is -2.19. The van der Waals surface area contributed by atoms with E-state index in [1.165, 1.54) is 5.56 Å². The highest BCUT2D eigenvalue weighted by Gasteiger charge is 2.26. The zero-order valence-electron chi connectivity index (χ0n) is 18.6. The number of nitrogens with one attached hydrogen (secondary N) is 2. The zero-order chi connectivity index (χ0) is 22.0. The van der Waals surface area contributed by atoms with Gasteiger partial charge in [-0.25, -0.2) is 0 Å². The van der Waals surface area contributed by atoms with E-state index in [-0.39, 0.29) is 17.4 Å². The summed E-state index contributed by atoms with van der Waals surface area (Å²) in [5, 5.41) is 10.8. The van der Waals surface area contributed by atoms with Gasteiger partial charge in [-0.1, -0.05) is 32.9 Å². The van der Waals surface area contributed by atoms with Gasteiger partial charge in [-0.05, 0) is 59.4 Å². The van der Waals surface area contributed by atoms with Crippen LogP contribution in [0.25, 0.3) is 11.3 Å². The molecule has 1 amide bonds. The van der Waals surface area contributed by atoms with E-state index in [4.69, 9.17) is 4.74 Å². The summed E-state index contributed by atoms with van der Waals surface area (Å²) >= 11 is 0. The van der Waals surface area contributed by atoms with E-state index in [1.54, 1.807) is 7.11 Å². The lowest BCUT2D eigenvalue weighted by Crippen LogP contribution is -2.37. The topological polar surface area (TPSA) is 70.2 Å². The van der Waals surface area contributed by atoms with Crippen LogP contribution in [0.5, 0.6) is 5.75 Å². The molecule has 2 N–H and O–H groups in total. The van der Waals surface area contributed by atoms with Crippen LogP contribution in [0.2, 0.25) is 0 Å². The monoisotopic (exact) mass is 418 g/mol. The number of H-pyrrole nitrogens is 1. The molecule has 0 bridgehead atoms. The first-order valence-corrected chi connectivity index (χ1v) is 10.7. The Bertz CT molecular complexity index is 1030. The third-order valence-corrected chi connectivity index (χ3v) is 5.83.